The molecule has 0 aliphatic rings. The van der Waals surface area contributed by atoms with Crippen molar-refractivity contribution in [3.8, 4) is 0 Å². The zero-order valence-corrected chi connectivity index (χ0v) is 13.8. The van der Waals surface area contributed by atoms with Crippen LogP contribution in [0.4, 0.5) is 11.5 Å². The van der Waals surface area contributed by atoms with Crippen LogP contribution in [-0.2, 0) is 0 Å². The van der Waals surface area contributed by atoms with E-state index in [9.17, 15) is 0 Å². The molecule has 0 aliphatic heterocycles. The summed E-state index contributed by atoms with van der Waals surface area (Å²) in [5.74, 6) is 0.734. The monoisotopic (exact) mass is 294 g/mol. The van der Waals surface area contributed by atoms with E-state index in [0.29, 0.717) is 0 Å². The van der Waals surface area contributed by atoms with Gasteiger partial charge in [0.25, 0.3) is 0 Å². The van der Waals surface area contributed by atoms with Crippen LogP contribution >= 0.6 is 0 Å². The Bertz CT molecular complexity index is 656. The lowest BCUT2D eigenvalue weighted by Gasteiger charge is -2.07. The van der Waals surface area contributed by atoms with Crippen LogP contribution < -0.4 is 0 Å². The Labute approximate surface area is 132 Å². The number of nitrogens with zero attached hydrogens (tertiary/aromatic N) is 4. The molecule has 2 aromatic rings. The lowest BCUT2D eigenvalue weighted by molar-refractivity contribution is 0.801. The molecule has 0 amide bonds. The zero-order chi connectivity index (χ0) is 16.1. The summed E-state index contributed by atoms with van der Waals surface area (Å²) in [4.78, 5) is 15.0. The van der Waals surface area contributed by atoms with Crippen molar-refractivity contribution in [2.24, 2.45) is 9.98 Å². The maximum Gasteiger partial charge on any atom is 0.156 e. The van der Waals surface area contributed by atoms with Crippen LogP contribution in [0.2, 0.25) is 0 Å². The molecular formula is C18H22N4. The maximum absolute atomic E-state index is 4.48. The van der Waals surface area contributed by atoms with E-state index in [-0.39, 0.29) is 0 Å². The molecular weight excluding hydrogens is 272 g/mol. The first-order valence-corrected chi connectivity index (χ1v) is 7.26. The Morgan fingerprint density at radius 3 is 2.27 bits per heavy atom. The van der Waals surface area contributed by atoms with E-state index in [1.165, 1.54) is 5.56 Å². The number of hydrogen-bond acceptors (Lipinski definition) is 3. The lowest BCUT2D eigenvalue weighted by Crippen LogP contribution is -2.12. The molecule has 0 radical (unpaired) electrons. The molecule has 0 aliphatic carbocycles. The molecule has 0 bridgehead atoms. The zero-order valence-electron chi connectivity index (χ0n) is 13.8. The summed E-state index contributed by atoms with van der Waals surface area (Å²) in [6.07, 6.45) is 5.30. The first-order chi connectivity index (χ1) is 10.5. The normalized spacial score (nSPS) is 11.5. The van der Waals surface area contributed by atoms with Gasteiger partial charge in [0, 0.05) is 13.2 Å². The average Bonchev–Trinajstić information content (AvgIpc) is 2.45. The Kier molecular flexibility index (Phi) is 5.04. The molecule has 0 saturated heterocycles. The van der Waals surface area contributed by atoms with Gasteiger partial charge in [-0.25, -0.2) is 15.0 Å². The van der Waals surface area contributed by atoms with Crippen LogP contribution in [0.1, 0.15) is 22.3 Å². The highest BCUT2D eigenvalue weighted by Crippen LogP contribution is 2.19. The third-order valence-corrected chi connectivity index (χ3v) is 3.28. The van der Waals surface area contributed by atoms with E-state index in [4.69, 9.17) is 0 Å². The quantitative estimate of drug-likeness (QED) is 0.624. The number of aliphatic imine (C=N–C) groups is 2. The third-order valence-electron chi connectivity index (χ3n) is 3.28. The van der Waals surface area contributed by atoms with Crippen molar-refractivity contribution < 1.29 is 0 Å². The fraction of sp³-hybridized carbons (Fsp3) is 0.278. The van der Waals surface area contributed by atoms with Gasteiger partial charge in [-0.2, -0.15) is 0 Å². The summed E-state index contributed by atoms with van der Waals surface area (Å²) in [5.41, 5.74) is 5.58. The highest BCUT2D eigenvalue weighted by molar-refractivity contribution is 5.78. The van der Waals surface area contributed by atoms with Gasteiger partial charge in [0.2, 0.25) is 0 Å². The minimum absolute atomic E-state index is 0.734. The molecule has 0 saturated carbocycles. The van der Waals surface area contributed by atoms with Gasteiger partial charge in [-0.05, 0) is 50.5 Å². The van der Waals surface area contributed by atoms with E-state index in [1.807, 2.05) is 38.1 Å². The van der Waals surface area contributed by atoms with E-state index >= 15 is 0 Å². The number of aryl methyl sites for hydroxylation is 4. The van der Waals surface area contributed by atoms with Gasteiger partial charge >= 0.3 is 0 Å². The van der Waals surface area contributed by atoms with Gasteiger partial charge in [-0.15, -0.1) is 0 Å². The predicted octanol–water partition coefficient (Wildman–Crippen LogP) is 4.27. The van der Waals surface area contributed by atoms with Gasteiger partial charge < -0.3 is 4.90 Å². The largest absolute Gasteiger partial charge is 0.326 e. The average molecular weight is 294 g/mol. The summed E-state index contributed by atoms with van der Waals surface area (Å²) in [7, 11) is 1.90. The number of aromatic nitrogens is 1. The summed E-state index contributed by atoms with van der Waals surface area (Å²) in [6.45, 7) is 8.18. The summed E-state index contributed by atoms with van der Waals surface area (Å²) >= 11 is 0. The van der Waals surface area contributed by atoms with Crippen molar-refractivity contribution in [1.29, 1.82) is 0 Å². The molecule has 1 aromatic carbocycles. The highest BCUT2D eigenvalue weighted by Gasteiger charge is 1.98. The first-order valence-electron chi connectivity index (χ1n) is 7.26. The van der Waals surface area contributed by atoms with Gasteiger partial charge in [0.1, 0.15) is 0 Å². The molecule has 0 N–H and O–H groups in total. The van der Waals surface area contributed by atoms with Crippen LogP contribution in [-0.4, -0.2) is 29.6 Å². The van der Waals surface area contributed by atoms with Crippen LogP contribution in [0.25, 0.3) is 0 Å². The van der Waals surface area contributed by atoms with Crippen LogP contribution in [0.3, 0.4) is 0 Å². The topological polar surface area (TPSA) is 40.9 Å². The second-order valence-corrected chi connectivity index (χ2v) is 5.60. The van der Waals surface area contributed by atoms with Crippen molar-refractivity contribution in [3.05, 3.63) is 52.7 Å². The van der Waals surface area contributed by atoms with Gasteiger partial charge in [0.05, 0.1) is 18.4 Å². The third kappa shape index (κ3) is 4.25. The number of benzene rings is 1. The molecule has 2 rings (SSSR count). The Hall–Kier alpha value is -2.49. The Balaban J connectivity index is 2.07. The van der Waals surface area contributed by atoms with Crippen LogP contribution in [0, 0.1) is 27.7 Å². The Morgan fingerprint density at radius 1 is 0.909 bits per heavy atom. The molecule has 22 heavy (non-hydrogen) atoms. The first kappa shape index (κ1) is 15.9. The number of pyridine rings is 1. The maximum atomic E-state index is 4.48. The molecule has 4 heteroatoms. The molecule has 0 spiro atoms. The summed E-state index contributed by atoms with van der Waals surface area (Å²) in [6, 6.07) is 8.29. The summed E-state index contributed by atoms with van der Waals surface area (Å²) < 4.78 is 0. The molecule has 1 aromatic heterocycles. The van der Waals surface area contributed by atoms with Gasteiger partial charge in [-0.1, -0.05) is 23.8 Å². The van der Waals surface area contributed by atoms with Crippen LogP contribution in [0.15, 0.2) is 40.4 Å². The van der Waals surface area contributed by atoms with Gasteiger partial charge in [0.15, 0.2) is 5.82 Å². The minimum atomic E-state index is 0.734. The molecule has 0 fully saturated rings. The van der Waals surface area contributed by atoms with E-state index in [0.717, 1.165) is 28.2 Å². The van der Waals surface area contributed by atoms with Gasteiger partial charge in [-0.3, -0.25) is 0 Å². The van der Waals surface area contributed by atoms with E-state index < -0.39 is 0 Å². The molecule has 114 valence electrons. The van der Waals surface area contributed by atoms with E-state index in [2.05, 4.69) is 47.0 Å². The molecule has 4 nitrogen and oxygen atoms in total. The molecule has 1 heterocycles. The second kappa shape index (κ2) is 6.98. The standard InChI is InChI=1S/C18H22N4/c1-13-6-7-17(15(3)8-13)20-11-22(5)12-21-18-16(4)9-14(2)10-19-18/h6-12H,1-5H3. The smallest absolute Gasteiger partial charge is 0.156 e. The van der Waals surface area contributed by atoms with E-state index in [1.54, 1.807) is 12.7 Å². The minimum Gasteiger partial charge on any atom is -0.326 e. The molecule has 0 atom stereocenters. The lowest BCUT2D eigenvalue weighted by atomic mass is 10.1. The highest BCUT2D eigenvalue weighted by atomic mass is 15.2. The van der Waals surface area contributed by atoms with Crippen molar-refractivity contribution >= 4 is 24.2 Å². The fourth-order valence-corrected chi connectivity index (χ4v) is 2.12. The van der Waals surface area contributed by atoms with Crippen molar-refractivity contribution in [2.45, 2.75) is 27.7 Å². The Morgan fingerprint density at radius 2 is 1.59 bits per heavy atom. The fourth-order valence-electron chi connectivity index (χ4n) is 2.12. The number of hydrogen-bond donors (Lipinski definition) is 0. The SMILES string of the molecule is Cc1ccc(N=CN(C)C=Nc2ncc(C)cc2C)c(C)c1. The predicted molar refractivity (Wildman–Crippen MR) is 93.7 cm³/mol. The van der Waals surface area contributed by atoms with Crippen molar-refractivity contribution in [1.82, 2.24) is 9.88 Å². The van der Waals surface area contributed by atoms with Crippen molar-refractivity contribution in [2.75, 3.05) is 7.05 Å². The van der Waals surface area contributed by atoms with Crippen LogP contribution in [0.5, 0.6) is 0 Å². The molecule has 0 unspecified atom stereocenters. The summed E-state index contributed by atoms with van der Waals surface area (Å²) in [5, 5.41) is 0. The second-order valence-electron chi connectivity index (χ2n) is 5.60. The number of rotatable bonds is 4. The van der Waals surface area contributed by atoms with Crippen molar-refractivity contribution in [3.63, 3.8) is 0 Å².